The van der Waals surface area contributed by atoms with Crippen molar-refractivity contribution in [1.82, 2.24) is 4.90 Å². The van der Waals surface area contributed by atoms with E-state index < -0.39 is 12.4 Å². The van der Waals surface area contributed by atoms with Gasteiger partial charge < -0.3 is 24.2 Å². The van der Waals surface area contributed by atoms with Crippen molar-refractivity contribution in [2.24, 2.45) is 0 Å². The maximum absolute atomic E-state index is 13.0. The molecule has 1 aromatic carbocycles. The average molecular weight is 341 g/mol. The molecule has 24 heavy (non-hydrogen) atoms. The molecule has 1 amide bonds. The Bertz CT molecular complexity index is 654. The van der Waals surface area contributed by atoms with Crippen molar-refractivity contribution < 1.29 is 32.9 Å². The number of carboxylic acid groups (broad SMARTS) is 1. The third-order valence-corrected chi connectivity index (χ3v) is 4.86. The summed E-state index contributed by atoms with van der Waals surface area (Å²) in [5.41, 5.74) is 0.711. The number of benzene rings is 1. The Morgan fingerprint density at radius 2 is 1.92 bits per heavy atom. The summed E-state index contributed by atoms with van der Waals surface area (Å²) in [6.45, 7) is 0.263. The fourth-order valence-electron chi connectivity index (χ4n) is 3.87. The van der Waals surface area contributed by atoms with Crippen LogP contribution in [0.15, 0.2) is 18.2 Å². The molecule has 3 aliphatic rings. The van der Waals surface area contributed by atoms with Crippen LogP contribution in [-0.2, 0) is 11.3 Å². The first-order valence-corrected chi connectivity index (χ1v) is 7.93. The van der Waals surface area contributed by atoms with Gasteiger partial charge in [0.05, 0.1) is 12.7 Å². The molecule has 130 valence electrons. The van der Waals surface area contributed by atoms with E-state index in [1.165, 1.54) is 12.1 Å². The highest BCUT2D eigenvalue weighted by molar-refractivity contribution is 5.66. The van der Waals surface area contributed by atoms with Crippen LogP contribution in [0, 0.1) is 0 Å². The summed E-state index contributed by atoms with van der Waals surface area (Å²) >= 11 is 0. The van der Waals surface area contributed by atoms with E-state index in [1.54, 1.807) is 11.0 Å². The zero-order valence-corrected chi connectivity index (χ0v) is 12.8. The van der Waals surface area contributed by atoms with Gasteiger partial charge in [0.25, 0.3) is 0 Å². The Balaban J connectivity index is 1.37. The second-order valence-electron chi connectivity index (χ2n) is 6.43. The molecule has 2 saturated heterocycles. The minimum atomic E-state index is -3.62. The van der Waals surface area contributed by atoms with Crippen LogP contribution in [0.25, 0.3) is 0 Å². The van der Waals surface area contributed by atoms with Gasteiger partial charge in [0.15, 0.2) is 11.5 Å². The second kappa shape index (κ2) is 5.47. The van der Waals surface area contributed by atoms with Crippen molar-refractivity contribution in [2.45, 2.75) is 56.8 Å². The molecule has 2 bridgehead atoms. The highest BCUT2D eigenvalue weighted by Gasteiger charge is 2.44. The summed E-state index contributed by atoms with van der Waals surface area (Å²) in [7, 11) is 0. The van der Waals surface area contributed by atoms with Crippen LogP contribution in [-0.4, -0.2) is 40.6 Å². The van der Waals surface area contributed by atoms with Crippen LogP contribution >= 0.6 is 0 Å². The molecule has 0 aromatic heterocycles. The number of alkyl halides is 2. The Morgan fingerprint density at radius 1 is 1.25 bits per heavy atom. The number of fused-ring (bicyclic) bond motifs is 3. The van der Waals surface area contributed by atoms with Gasteiger partial charge in [-0.05, 0) is 43.4 Å². The molecule has 0 spiro atoms. The monoisotopic (exact) mass is 341 g/mol. The summed E-state index contributed by atoms with van der Waals surface area (Å²) in [6, 6.07) is 4.61. The van der Waals surface area contributed by atoms with Crippen LogP contribution < -0.4 is 9.47 Å². The Kier molecular flexibility index (Phi) is 3.52. The first-order valence-electron chi connectivity index (χ1n) is 7.93. The number of hydrogen-bond acceptors (Lipinski definition) is 4. The molecule has 1 aromatic rings. The maximum Gasteiger partial charge on any atom is 0.586 e. The molecular formula is C16H17F2NO5. The lowest BCUT2D eigenvalue weighted by atomic mass is 10.0. The van der Waals surface area contributed by atoms with E-state index in [0.717, 1.165) is 12.8 Å². The van der Waals surface area contributed by atoms with Crippen LogP contribution in [0.5, 0.6) is 11.5 Å². The number of amides is 1. The van der Waals surface area contributed by atoms with Gasteiger partial charge in [-0.2, -0.15) is 0 Å². The predicted octanol–water partition coefficient (Wildman–Crippen LogP) is 3.20. The summed E-state index contributed by atoms with van der Waals surface area (Å²) in [4.78, 5) is 12.8. The Labute approximate surface area is 136 Å². The molecule has 0 saturated carbocycles. The van der Waals surface area contributed by atoms with Crippen LogP contribution in [0.3, 0.4) is 0 Å². The molecule has 0 radical (unpaired) electrons. The minimum Gasteiger partial charge on any atom is -0.465 e. The fraction of sp³-hybridized carbons (Fsp3) is 0.562. The summed E-state index contributed by atoms with van der Waals surface area (Å²) < 4.78 is 40.7. The number of hydrogen-bond donors (Lipinski definition) is 1. The quantitative estimate of drug-likeness (QED) is 0.914. The van der Waals surface area contributed by atoms with E-state index >= 15 is 0 Å². The molecule has 4 rings (SSSR count). The third-order valence-electron chi connectivity index (χ3n) is 4.86. The third kappa shape index (κ3) is 2.75. The van der Waals surface area contributed by atoms with Gasteiger partial charge in [0.2, 0.25) is 0 Å². The number of ether oxygens (including phenoxy) is 3. The van der Waals surface area contributed by atoms with Crippen LogP contribution in [0.2, 0.25) is 0 Å². The number of halogens is 2. The lowest BCUT2D eigenvalue weighted by molar-refractivity contribution is -0.286. The van der Waals surface area contributed by atoms with Crippen molar-refractivity contribution in [1.29, 1.82) is 0 Å². The van der Waals surface area contributed by atoms with Gasteiger partial charge in [-0.1, -0.05) is 6.07 Å². The molecular weight excluding hydrogens is 324 g/mol. The number of nitrogens with zero attached hydrogens (tertiary/aromatic N) is 1. The number of piperidine rings is 1. The van der Waals surface area contributed by atoms with E-state index in [4.69, 9.17) is 4.74 Å². The van der Waals surface area contributed by atoms with Crippen LogP contribution in [0.1, 0.15) is 31.2 Å². The normalized spacial score (nSPS) is 29.8. The highest BCUT2D eigenvalue weighted by atomic mass is 19.3. The SMILES string of the molecule is O=C(O)N1[C@@H]2CC[C@H]1C[C@@H](OCc1ccc3c(c1)OC(F)(F)O3)C2. The van der Waals surface area contributed by atoms with Crippen molar-refractivity contribution in [3.05, 3.63) is 23.8 Å². The van der Waals surface area contributed by atoms with Gasteiger partial charge in [0, 0.05) is 12.1 Å². The van der Waals surface area contributed by atoms with Crippen molar-refractivity contribution in [2.75, 3.05) is 0 Å². The largest absolute Gasteiger partial charge is 0.586 e. The maximum atomic E-state index is 13.0. The molecule has 2 fully saturated rings. The molecule has 3 heterocycles. The Hall–Kier alpha value is -2.09. The minimum absolute atomic E-state index is 0.00173. The van der Waals surface area contributed by atoms with Gasteiger partial charge in [-0.3, -0.25) is 0 Å². The summed E-state index contributed by atoms with van der Waals surface area (Å²) in [5, 5.41) is 9.24. The first kappa shape index (κ1) is 15.4. The summed E-state index contributed by atoms with van der Waals surface area (Å²) in [6.07, 6.45) is -1.42. The van der Waals surface area contributed by atoms with Crippen molar-refractivity contribution in [3.63, 3.8) is 0 Å². The van der Waals surface area contributed by atoms with E-state index in [1.807, 2.05) is 0 Å². The lowest BCUT2D eigenvalue weighted by Crippen LogP contribution is -2.47. The number of carbonyl (C=O) groups is 1. The molecule has 6 nitrogen and oxygen atoms in total. The summed E-state index contributed by atoms with van der Waals surface area (Å²) in [5.74, 6) is 0.0124. The smallest absolute Gasteiger partial charge is 0.465 e. The molecule has 3 aliphatic heterocycles. The van der Waals surface area contributed by atoms with E-state index in [2.05, 4.69) is 9.47 Å². The topological polar surface area (TPSA) is 68.2 Å². The average Bonchev–Trinajstić information content (AvgIpc) is 2.96. The van der Waals surface area contributed by atoms with Crippen molar-refractivity contribution in [3.8, 4) is 11.5 Å². The zero-order chi connectivity index (χ0) is 16.9. The lowest BCUT2D eigenvalue weighted by Gasteiger charge is -2.36. The van der Waals surface area contributed by atoms with Gasteiger partial charge >= 0.3 is 12.4 Å². The standard InChI is InChI=1S/C16H17F2NO5/c17-16(18)23-13-4-1-9(5-14(13)24-16)8-22-12-6-10-2-3-11(7-12)19(10)15(20)21/h1,4-5,10-12H,2-3,6-8H2,(H,20,21)/t10-,11+,12+. The van der Waals surface area contributed by atoms with Gasteiger partial charge in [-0.25, -0.2) is 4.79 Å². The Morgan fingerprint density at radius 3 is 2.58 bits per heavy atom. The van der Waals surface area contributed by atoms with Crippen molar-refractivity contribution >= 4 is 6.09 Å². The predicted molar refractivity (Wildman–Crippen MR) is 77.1 cm³/mol. The molecule has 0 unspecified atom stereocenters. The second-order valence-corrected chi connectivity index (χ2v) is 6.43. The number of rotatable bonds is 3. The zero-order valence-electron chi connectivity index (χ0n) is 12.8. The van der Waals surface area contributed by atoms with E-state index in [9.17, 15) is 18.7 Å². The van der Waals surface area contributed by atoms with Gasteiger partial charge in [-0.15, -0.1) is 8.78 Å². The molecule has 8 heteroatoms. The highest BCUT2D eigenvalue weighted by Crippen LogP contribution is 2.42. The van der Waals surface area contributed by atoms with Crippen LogP contribution in [0.4, 0.5) is 13.6 Å². The van der Waals surface area contributed by atoms with Gasteiger partial charge in [0.1, 0.15) is 0 Å². The fourth-order valence-corrected chi connectivity index (χ4v) is 3.87. The first-order chi connectivity index (χ1) is 11.4. The van der Waals surface area contributed by atoms with E-state index in [-0.39, 0.29) is 36.3 Å². The molecule has 0 aliphatic carbocycles. The van der Waals surface area contributed by atoms with E-state index in [0.29, 0.717) is 18.4 Å². The molecule has 3 atom stereocenters. The molecule has 1 N–H and O–H groups in total.